The molecule has 1 aromatic carbocycles. The average molecular weight is 319 g/mol. The van der Waals surface area contributed by atoms with Gasteiger partial charge in [0, 0.05) is 17.5 Å². The van der Waals surface area contributed by atoms with E-state index in [1.165, 1.54) is 23.5 Å². The fraction of sp³-hybridized carbons (Fsp3) is 0.200. The number of aromatic nitrogens is 1. The summed E-state index contributed by atoms with van der Waals surface area (Å²) < 4.78 is 18.0. The summed E-state index contributed by atoms with van der Waals surface area (Å²) in [6.45, 7) is 2.66. The molecule has 2 heterocycles. The molecule has 0 spiro atoms. The first kappa shape index (κ1) is 14.7. The van der Waals surface area contributed by atoms with Gasteiger partial charge in [-0.3, -0.25) is 0 Å². The van der Waals surface area contributed by atoms with Crippen LogP contribution in [0.3, 0.4) is 0 Å². The summed E-state index contributed by atoms with van der Waals surface area (Å²) in [5, 5.41) is 2.36. The molecule has 5 nitrogen and oxygen atoms in total. The minimum Gasteiger partial charge on any atom is -0.461 e. The maximum absolute atomic E-state index is 13.0. The predicted octanol–water partition coefficient (Wildman–Crippen LogP) is 2.43. The number of carbonyl (C=O) groups is 1. The highest BCUT2D eigenvalue weighted by molar-refractivity contribution is 7.11. The van der Waals surface area contributed by atoms with Crippen LogP contribution in [0.1, 0.15) is 28.0 Å². The largest absolute Gasteiger partial charge is 0.461 e. The van der Waals surface area contributed by atoms with Crippen LogP contribution in [0.4, 0.5) is 4.39 Å². The Morgan fingerprint density at radius 2 is 2.18 bits per heavy atom. The molecule has 0 unspecified atom stereocenters. The highest BCUT2D eigenvalue weighted by Gasteiger charge is 2.21. The van der Waals surface area contributed by atoms with Crippen molar-refractivity contribution in [1.29, 1.82) is 0 Å². The Hall–Kier alpha value is -2.25. The lowest BCUT2D eigenvalue weighted by molar-refractivity contribution is 0.0520. The fourth-order valence-corrected chi connectivity index (χ4v) is 2.97. The third kappa shape index (κ3) is 2.86. The standard InChI is InChI=1S/C15H14FN3O2S/c1-2-21-15(20)12-8-22-14(18-12)13-11(7-17-19-13)9-3-5-10(16)6-4-9/h3-6,8,17,19H,2,7H2,1H3. The molecule has 2 N–H and O–H groups in total. The highest BCUT2D eigenvalue weighted by Crippen LogP contribution is 2.28. The number of halogens is 1. The average Bonchev–Trinajstić information content (AvgIpc) is 3.17. The minimum atomic E-state index is -0.431. The number of hydrazine groups is 1. The molecular weight excluding hydrogens is 305 g/mol. The summed E-state index contributed by atoms with van der Waals surface area (Å²) in [6.07, 6.45) is 0. The van der Waals surface area contributed by atoms with Crippen LogP contribution in [-0.4, -0.2) is 24.1 Å². The van der Waals surface area contributed by atoms with Gasteiger partial charge < -0.3 is 10.2 Å². The molecule has 3 rings (SSSR count). The van der Waals surface area contributed by atoms with Crippen molar-refractivity contribution in [3.05, 3.63) is 51.7 Å². The van der Waals surface area contributed by atoms with Gasteiger partial charge in [0.1, 0.15) is 10.8 Å². The molecule has 7 heteroatoms. The van der Waals surface area contributed by atoms with Gasteiger partial charge in [-0.15, -0.1) is 11.3 Å². The fourth-order valence-electron chi connectivity index (χ4n) is 2.15. The number of hydrogen-bond donors (Lipinski definition) is 2. The Balaban J connectivity index is 1.93. The summed E-state index contributed by atoms with van der Waals surface area (Å²) in [5.74, 6) is -0.705. The Labute approximate surface area is 130 Å². The lowest BCUT2D eigenvalue weighted by Gasteiger charge is -2.04. The second-order valence-electron chi connectivity index (χ2n) is 4.60. The first-order valence-electron chi connectivity index (χ1n) is 6.80. The number of nitrogens with zero attached hydrogens (tertiary/aromatic N) is 1. The maximum Gasteiger partial charge on any atom is 0.357 e. The highest BCUT2D eigenvalue weighted by atomic mass is 32.1. The van der Waals surface area contributed by atoms with Gasteiger partial charge in [0.15, 0.2) is 5.69 Å². The van der Waals surface area contributed by atoms with Crippen LogP contribution < -0.4 is 10.9 Å². The summed E-state index contributed by atoms with van der Waals surface area (Å²) in [7, 11) is 0. The minimum absolute atomic E-state index is 0.274. The molecule has 0 saturated heterocycles. The smallest absolute Gasteiger partial charge is 0.357 e. The molecule has 1 aliphatic rings. The van der Waals surface area contributed by atoms with E-state index < -0.39 is 5.97 Å². The Kier molecular flexibility index (Phi) is 4.17. The van der Waals surface area contributed by atoms with Crippen molar-refractivity contribution >= 4 is 28.6 Å². The zero-order valence-electron chi connectivity index (χ0n) is 11.9. The molecule has 0 radical (unpaired) electrons. The quantitative estimate of drug-likeness (QED) is 0.848. The predicted molar refractivity (Wildman–Crippen MR) is 82.4 cm³/mol. The Morgan fingerprint density at radius 1 is 1.41 bits per heavy atom. The number of nitrogens with one attached hydrogen (secondary N) is 2. The molecule has 0 fully saturated rings. The number of hydrogen-bond acceptors (Lipinski definition) is 6. The van der Waals surface area contributed by atoms with Crippen molar-refractivity contribution in [1.82, 2.24) is 15.8 Å². The lowest BCUT2D eigenvalue weighted by atomic mass is 10.0. The van der Waals surface area contributed by atoms with Crippen LogP contribution in [0.15, 0.2) is 29.6 Å². The number of ether oxygens (including phenoxy) is 1. The van der Waals surface area contributed by atoms with Crippen molar-refractivity contribution < 1.29 is 13.9 Å². The van der Waals surface area contributed by atoms with Crippen molar-refractivity contribution in [3.63, 3.8) is 0 Å². The van der Waals surface area contributed by atoms with Gasteiger partial charge in [0.25, 0.3) is 0 Å². The lowest BCUT2D eigenvalue weighted by Crippen LogP contribution is -2.23. The number of esters is 1. The molecule has 0 saturated carbocycles. The molecule has 22 heavy (non-hydrogen) atoms. The third-order valence-electron chi connectivity index (χ3n) is 3.18. The van der Waals surface area contributed by atoms with E-state index in [1.807, 2.05) is 0 Å². The second-order valence-corrected chi connectivity index (χ2v) is 5.46. The van der Waals surface area contributed by atoms with E-state index in [2.05, 4.69) is 15.8 Å². The van der Waals surface area contributed by atoms with E-state index in [0.717, 1.165) is 16.8 Å². The number of carbonyl (C=O) groups excluding carboxylic acids is 1. The van der Waals surface area contributed by atoms with Crippen LogP contribution in [0, 0.1) is 5.82 Å². The van der Waals surface area contributed by atoms with Crippen LogP contribution in [0.25, 0.3) is 11.3 Å². The number of rotatable bonds is 4. The van der Waals surface area contributed by atoms with E-state index in [-0.39, 0.29) is 5.82 Å². The van der Waals surface area contributed by atoms with Gasteiger partial charge in [-0.1, -0.05) is 12.1 Å². The van der Waals surface area contributed by atoms with Gasteiger partial charge in [-0.2, -0.15) is 0 Å². The van der Waals surface area contributed by atoms with Crippen molar-refractivity contribution in [2.75, 3.05) is 13.2 Å². The number of thiazole rings is 1. The molecule has 0 aliphatic carbocycles. The van der Waals surface area contributed by atoms with Gasteiger partial charge in [-0.05, 0) is 24.6 Å². The topological polar surface area (TPSA) is 63.2 Å². The molecule has 114 valence electrons. The summed E-state index contributed by atoms with van der Waals surface area (Å²) >= 11 is 1.36. The van der Waals surface area contributed by atoms with Crippen LogP contribution in [-0.2, 0) is 4.74 Å². The van der Waals surface area contributed by atoms with Gasteiger partial charge in [0.2, 0.25) is 0 Å². The normalized spacial score (nSPS) is 14.1. The number of benzene rings is 1. The second kappa shape index (κ2) is 6.25. The Bertz CT molecular complexity index is 725. The molecular formula is C15H14FN3O2S. The first-order valence-corrected chi connectivity index (χ1v) is 7.68. The van der Waals surface area contributed by atoms with Gasteiger partial charge in [0.05, 0.1) is 12.3 Å². The van der Waals surface area contributed by atoms with Crippen LogP contribution in [0.2, 0.25) is 0 Å². The first-order chi connectivity index (χ1) is 10.7. The maximum atomic E-state index is 13.0. The molecule has 2 aromatic rings. The van der Waals surface area contributed by atoms with E-state index in [9.17, 15) is 9.18 Å². The molecule has 0 bridgehead atoms. The SMILES string of the molecule is CCOC(=O)c1csc(C2=C(c3ccc(F)cc3)CNN2)n1. The summed E-state index contributed by atoms with van der Waals surface area (Å²) in [6, 6.07) is 6.28. The van der Waals surface area contributed by atoms with Crippen molar-refractivity contribution in [2.45, 2.75) is 6.92 Å². The zero-order chi connectivity index (χ0) is 15.5. The third-order valence-corrected chi connectivity index (χ3v) is 4.04. The van der Waals surface area contributed by atoms with Crippen LogP contribution >= 0.6 is 11.3 Å². The van der Waals surface area contributed by atoms with Gasteiger partial charge >= 0.3 is 5.97 Å². The van der Waals surface area contributed by atoms with Crippen molar-refractivity contribution in [2.24, 2.45) is 0 Å². The van der Waals surface area contributed by atoms with Gasteiger partial charge in [-0.25, -0.2) is 19.6 Å². The van der Waals surface area contributed by atoms with E-state index in [1.54, 1.807) is 24.4 Å². The van der Waals surface area contributed by atoms with E-state index in [0.29, 0.717) is 23.9 Å². The summed E-state index contributed by atoms with van der Waals surface area (Å²) in [4.78, 5) is 16.0. The molecule has 1 aromatic heterocycles. The van der Waals surface area contributed by atoms with Crippen LogP contribution in [0.5, 0.6) is 0 Å². The Morgan fingerprint density at radius 3 is 2.91 bits per heavy atom. The molecule has 0 amide bonds. The zero-order valence-corrected chi connectivity index (χ0v) is 12.7. The molecule has 0 atom stereocenters. The summed E-state index contributed by atoms with van der Waals surface area (Å²) in [5.41, 5.74) is 9.05. The van der Waals surface area contributed by atoms with Crippen molar-refractivity contribution in [3.8, 4) is 0 Å². The van der Waals surface area contributed by atoms with E-state index >= 15 is 0 Å². The van der Waals surface area contributed by atoms with E-state index in [4.69, 9.17) is 4.74 Å². The monoisotopic (exact) mass is 319 g/mol. The molecule has 1 aliphatic heterocycles.